The van der Waals surface area contributed by atoms with Crippen LogP contribution < -0.4 is 5.32 Å². The van der Waals surface area contributed by atoms with Crippen molar-refractivity contribution in [2.24, 2.45) is 0 Å². The van der Waals surface area contributed by atoms with Crippen LogP contribution in [0.15, 0.2) is 42.6 Å². The zero-order valence-electron chi connectivity index (χ0n) is 12.6. The lowest BCUT2D eigenvalue weighted by molar-refractivity contribution is 0.0766. The van der Waals surface area contributed by atoms with Gasteiger partial charge in [0.25, 0.3) is 5.91 Å². The van der Waals surface area contributed by atoms with Gasteiger partial charge in [0.2, 0.25) is 0 Å². The molecule has 1 aromatic heterocycles. The molecule has 2 heterocycles. The van der Waals surface area contributed by atoms with E-state index in [1.54, 1.807) is 6.20 Å². The number of anilines is 1. The van der Waals surface area contributed by atoms with E-state index in [0.717, 1.165) is 29.8 Å². The predicted molar refractivity (Wildman–Crippen MR) is 85.6 cm³/mol. The molecule has 0 unspecified atom stereocenters. The summed E-state index contributed by atoms with van der Waals surface area (Å²) in [5, 5.41) is 3.47. The molecule has 112 valence electrons. The van der Waals surface area contributed by atoms with Crippen LogP contribution in [0.5, 0.6) is 0 Å². The number of amides is 1. The maximum absolute atomic E-state index is 12.5. The number of nitrogens with zero attached hydrogens (tertiary/aromatic N) is 2. The maximum atomic E-state index is 12.5. The number of rotatable bonds is 4. The second-order valence-electron chi connectivity index (χ2n) is 6.13. The zero-order valence-corrected chi connectivity index (χ0v) is 12.6. The average Bonchev–Trinajstić information content (AvgIpc) is 3.33. The zero-order chi connectivity index (χ0) is 15.1. The van der Waals surface area contributed by atoms with E-state index >= 15 is 0 Å². The van der Waals surface area contributed by atoms with Gasteiger partial charge in [-0.3, -0.25) is 4.79 Å². The van der Waals surface area contributed by atoms with Crippen molar-refractivity contribution < 1.29 is 4.79 Å². The Kier molecular flexibility index (Phi) is 3.10. The van der Waals surface area contributed by atoms with Crippen LogP contribution in [0.3, 0.4) is 0 Å². The van der Waals surface area contributed by atoms with Gasteiger partial charge in [0.15, 0.2) is 0 Å². The lowest BCUT2D eigenvalue weighted by Gasteiger charge is -2.17. The van der Waals surface area contributed by atoms with Crippen LogP contribution >= 0.6 is 0 Å². The van der Waals surface area contributed by atoms with Gasteiger partial charge in [-0.15, -0.1) is 0 Å². The summed E-state index contributed by atoms with van der Waals surface area (Å²) in [5.74, 6) is 1.00. The van der Waals surface area contributed by atoms with E-state index in [4.69, 9.17) is 0 Å². The van der Waals surface area contributed by atoms with Gasteiger partial charge >= 0.3 is 0 Å². The van der Waals surface area contributed by atoms with Crippen LogP contribution in [-0.2, 0) is 6.54 Å². The minimum Gasteiger partial charge on any atom is -0.363 e. The average molecular weight is 293 g/mol. The van der Waals surface area contributed by atoms with Crippen LogP contribution in [0.1, 0.15) is 47.3 Å². The van der Waals surface area contributed by atoms with Gasteiger partial charge in [0.05, 0.1) is 6.54 Å². The van der Waals surface area contributed by atoms with Crippen molar-refractivity contribution >= 4 is 11.7 Å². The molecule has 0 radical (unpaired) electrons. The summed E-state index contributed by atoms with van der Waals surface area (Å²) in [6.07, 6.45) is 4.00. The van der Waals surface area contributed by atoms with Crippen LogP contribution in [-0.4, -0.2) is 21.8 Å². The molecule has 1 N–H and O–H groups in total. The largest absolute Gasteiger partial charge is 0.363 e. The van der Waals surface area contributed by atoms with Crippen molar-refractivity contribution in [3.05, 3.63) is 59.3 Å². The molecule has 1 aliphatic heterocycles. The fourth-order valence-electron chi connectivity index (χ4n) is 3.09. The monoisotopic (exact) mass is 293 g/mol. The highest BCUT2D eigenvalue weighted by Gasteiger charge is 2.39. The second kappa shape index (κ2) is 5.13. The molecule has 4 heteroatoms. The maximum Gasteiger partial charge on any atom is 0.254 e. The van der Waals surface area contributed by atoms with Crippen LogP contribution in [0.2, 0.25) is 0 Å². The molecule has 1 saturated carbocycles. The molecule has 2 aliphatic rings. The standard InChI is InChI=1S/C18H19N3O/c1-12(13-5-3-2-4-6-13)20-17-16-11-21(14-7-8-14)18(22)15(16)9-10-19-17/h2-6,9-10,12,14H,7-8,11H2,1H3,(H,19,20)/t12-/m0/s1. The highest BCUT2D eigenvalue weighted by molar-refractivity contribution is 6.00. The molecule has 1 atom stereocenters. The summed E-state index contributed by atoms with van der Waals surface area (Å²) in [6, 6.07) is 12.7. The molecular formula is C18H19N3O. The third-order valence-corrected chi connectivity index (χ3v) is 4.52. The number of aromatic nitrogens is 1. The Morgan fingerprint density at radius 2 is 2.00 bits per heavy atom. The number of carbonyl (C=O) groups is 1. The summed E-state index contributed by atoms with van der Waals surface area (Å²) in [7, 11) is 0. The molecule has 1 aromatic carbocycles. The summed E-state index contributed by atoms with van der Waals surface area (Å²) < 4.78 is 0. The van der Waals surface area contributed by atoms with Gasteiger partial charge in [-0.1, -0.05) is 30.3 Å². The topological polar surface area (TPSA) is 45.2 Å². The number of nitrogens with one attached hydrogen (secondary N) is 1. The first-order valence-electron chi connectivity index (χ1n) is 7.84. The Labute approximate surface area is 130 Å². The SMILES string of the molecule is C[C@H](Nc1nccc2c1CN(C1CC1)C2=O)c1ccccc1. The number of hydrogen-bond donors (Lipinski definition) is 1. The van der Waals surface area contributed by atoms with Gasteiger partial charge in [-0.05, 0) is 31.4 Å². The molecule has 1 amide bonds. The van der Waals surface area contributed by atoms with Crippen molar-refractivity contribution in [3.63, 3.8) is 0 Å². The molecule has 1 aliphatic carbocycles. The van der Waals surface area contributed by atoms with Crippen molar-refractivity contribution in [1.82, 2.24) is 9.88 Å². The van der Waals surface area contributed by atoms with Crippen molar-refractivity contribution in [2.75, 3.05) is 5.32 Å². The van der Waals surface area contributed by atoms with Gasteiger partial charge in [0, 0.05) is 29.4 Å². The van der Waals surface area contributed by atoms with E-state index in [1.807, 2.05) is 29.2 Å². The molecule has 0 spiro atoms. The van der Waals surface area contributed by atoms with E-state index in [9.17, 15) is 4.79 Å². The summed E-state index contributed by atoms with van der Waals surface area (Å²) in [6.45, 7) is 2.81. The minimum atomic E-state index is 0.158. The molecule has 4 rings (SSSR count). The normalized spacial score (nSPS) is 18.2. The highest BCUT2D eigenvalue weighted by Crippen LogP contribution is 2.37. The number of hydrogen-bond acceptors (Lipinski definition) is 3. The van der Waals surface area contributed by atoms with Crippen LogP contribution in [0.4, 0.5) is 5.82 Å². The Hall–Kier alpha value is -2.36. The van der Waals surface area contributed by atoms with Crippen molar-refractivity contribution in [3.8, 4) is 0 Å². The van der Waals surface area contributed by atoms with E-state index in [1.165, 1.54) is 5.56 Å². The number of carbonyl (C=O) groups excluding carboxylic acids is 1. The fraction of sp³-hybridized carbons (Fsp3) is 0.333. The number of benzene rings is 1. The lowest BCUT2D eigenvalue weighted by Crippen LogP contribution is -2.25. The molecule has 0 bridgehead atoms. The molecule has 1 fully saturated rings. The molecular weight excluding hydrogens is 274 g/mol. The van der Waals surface area contributed by atoms with Crippen molar-refractivity contribution in [2.45, 2.75) is 38.4 Å². The van der Waals surface area contributed by atoms with E-state index in [-0.39, 0.29) is 11.9 Å². The second-order valence-corrected chi connectivity index (χ2v) is 6.13. The van der Waals surface area contributed by atoms with Gasteiger partial charge in [-0.2, -0.15) is 0 Å². The first kappa shape index (κ1) is 13.3. The van der Waals surface area contributed by atoms with E-state index in [2.05, 4.69) is 29.4 Å². The van der Waals surface area contributed by atoms with Crippen LogP contribution in [0, 0.1) is 0 Å². The first-order valence-corrected chi connectivity index (χ1v) is 7.84. The van der Waals surface area contributed by atoms with E-state index in [0.29, 0.717) is 12.6 Å². The van der Waals surface area contributed by atoms with E-state index < -0.39 is 0 Å². The Bertz CT molecular complexity index is 710. The quantitative estimate of drug-likeness (QED) is 0.940. The van der Waals surface area contributed by atoms with Gasteiger partial charge in [0.1, 0.15) is 5.82 Å². The number of pyridine rings is 1. The minimum absolute atomic E-state index is 0.158. The van der Waals surface area contributed by atoms with Gasteiger partial charge in [-0.25, -0.2) is 4.98 Å². The van der Waals surface area contributed by atoms with Gasteiger partial charge < -0.3 is 10.2 Å². The lowest BCUT2D eigenvalue weighted by atomic mass is 10.1. The number of fused-ring (bicyclic) bond motifs is 1. The summed E-state index contributed by atoms with van der Waals surface area (Å²) in [4.78, 5) is 18.9. The predicted octanol–water partition coefficient (Wildman–Crippen LogP) is 3.37. The fourth-order valence-corrected chi connectivity index (χ4v) is 3.09. The Morgan fingerprint density at radius 3 is 2.73 bits per heavy atom. The summed E-state index contributed by atoms with van der Waals surface area (Å²) in [5.41, 5.74) is 3.07. The first-order chi connectivity index (χ1) is 10.7. The third kappa shape index (κ3) is 2.25. The molecule has 0 saturated heterocycles. The third-order valence-electron chi connectivity index (χ3n) is 4.52. The molecule has 4 nitrogen and oxygen atoms in total. The smallest absolute Gasteiger partial charge is 0.254 e. The Morgan fingerprint density at radius 1 is 1.23 bits per heavy atom. The summed E-state index contributed by atoms with van der Waals surface area (Å²) >= 11 is 0. The highest BCUT2D eigenvalue weighted by atomic mass is 16.2. The molecule has 2 aromatic rings. The Balaban J connectivity index is 1.61. The van der Waals surface area contributed by atoms with Crippen molar-refractivity contribution in [1.29, 1.82) is 0 Å². The molecule has 22 heavy (non-hydrogen) atoms. The van der Waals surface area contributed by atoms with Crippen LogP contribution in [0.25, 0.3) is 0 Å².